The van der Waals surface area contributed by atoms with E-state index in [0.717, 1.165) is 9.87 Å². The Balaban J connectivity index is 2.30. The van der Waals surface area contributed by atoms with Crippen molar-refractivity contribution in [1.29, 1.82) is 0 Å². The molecule has 0 aliphatic carbocycles. The SMILES string of the molecule is CC(C)CN(C[C@@H](O)[C@H](Cc1ccccc1)NC(=O)OF)S(=O)(=O)c1ccc(B(O)O)cc1. The number of rotatable bonds is 11. The topological polar surface area (TPSA) is 136 Å². The molecule has 4 N–H and O–H groups in total. The molecular formula is C21H28BFN2O7S. The number of nitrogens with zero attached hydrogens (tertiary/aromatic N) is 1. The van der Waals surface area contributed by atoms with Crippen molar-refractivity contribution in [3.8, 4) is 0 Å². The molecule has 33 heavy (non-hydrogen) atoms. The fourth-order valence-corrected chi connectivity index (χ4v) is 4.92. The van der Waals surface area contributed by atoms with Crippen LogP contribution < -0.4 is 10.8 Å². The second-order valence-corrected chi connectivity index (χ2v) is 9.97. The van der Waals surface area contributed by atoms with E-state index in [4.69, 9.17) is 0 Å². The van der Waals surface area contributed by atoms with Gasteiger partial charge in [-0.1, -0.05) is 56.3 Å². The first-order valence-electron chi connectivity index (χ1n) is 10.3. The highest BCUT2D eigenvalue weighted by molar-refractivity contribution is 7.89. The molecule has 180 valence electrons. The van der Waals surface area contributed by atoms with E-state index in [9.17, 15) is 32.9 Å². The Hall–Kier alpha value is -2.51. The summed E-state index contributed by atoms with van der Waals surface area (Å²) < 4.78 is 39.9. The summed E-state index contributed by atoms with van der Waals surface area (Å²) in [6, 6.07) is 12.8. The predicted octanol–water partition coefficient (Wildman–Crippen LogP) is 0.596. The van der Waals surface area contributed by atoms with Gasteiger partial charge in [-0.05, 0) is 35.5 Å². The largest absolute Gasteiger partial charge is 0.488 e. The number of halogens is 1. The Morgan fingerprint density at radius 3 is 2.21 bits per heavy atom. The minimum Gasteiger partial charge on any atom is -0.423 e. The van der Waals surface area contributed by atoms with Gasteiger partial charge < -0.3 is 20.5 Å². The molecule has 0 unspecified atom stereocenters. The van der Waals surface area contributed by atoms with Gasteiger partial charge in [0.2, 0.25) is 10.0 Å². The minimum atomic E-state index is -4.08. The highest BCUT2D eigenvalue weighted by Gasteiger charge is 2.32. The summed E-state index contributed by atoms with van der Waals surface area (Å²) in [4.78, 5) is 14.6. The van der Waals surface area contributed by atoms with Gasteiger partial charge in [0.15, 0.2) is 0 Å². The fourth-order valence-electron chi connectivity index (χ4n) is 3.30. The molecule has 0 saturated heterocycles. The van der Waals surface area contributed by atoms with E-state index in [1.165, 1.54) is 24.3 Å². The Bertz CT molecular complexity index is 991. The molecule has 0 heterocycles. The number of benzene rings is 2. The first-order valence-corrected chi connectivity index (χ1v) is 11.8. The molecule has 0 aliphatic heterocycles. The Kier molecular flexibility index (Phi) is 9.80. The molecular weight excluding hydrogens is 454 g/mol. The molecule has 0 aromatic heterocycles. The second-order valence-electron chi connectivity index (χ2n) is 8.03. The van der Waals surface area contributed by atoms with Crippen molar-refractivity contribution in [2.75, 3.05) is 13.1 Å². The molecule has 2 aromatic carbocycles. The van der Waals surface area contributed by atoms with Gasteiger partial charge in [-0.25, -0.2) is 18.2 Å². The van der Waals surface area contributed by atoms with Crippen LogP contribution >= 0.6 is 0 Å². The monoisotopic (exact) mass is 482 g/mol. The lowest BCUT2D eigenvalue weighted by Crippen LogP contribution is -2.51. The Morgan fingerprint density at radius 1 is 1.09 bits per heavy atom. The van der Waals surface area contributed by atoms with Crippen LogP contribution in [0.25, 0.3) is 0 Å². The van der Waals surface area contributed by atoms with Gasteiger partial charge in [0, 0.05) is 17.6 Å². The predicted molar refractivity (Wildman–Crippen MR) is 121 cm³/mol. The van der Waals surface area contributed by atoms with Crippen LogP contribution in [0.1, 0.15) is 19.4 Å². The number of hydrogen-bond acceptors (Lipinski definition) is 7. The van der Waals surface area contributed by atoms with Crippen LogP contribution in [-0.4, -0.2) is 66.3 Å². The lowest BCUT2D eigenvalue weighted by atomic mass is 9.81. The number of carbonyl (C=O) groups is 1. The van der Waals surface area contributed by atoms with Gasteiger partial charge in [-0.15, -0.1) is 0 Å². The summed E-state index contributed by atoms with van der Waals surface area (Å²) in [6.45, 7) is 3.30. The van der Waals surface area contributed by atoms with Gasteiger partial charge in [0.1, 0.15) is 0 Å². The third-order valence-electron chi connectivity index (χ3n) is 4.91. The highest BCUT2D eigenvalue weighted by atomic mass is 32.2. The van der Waals surface area contributed by atoms with Gasteiger partial charge in [-0.3, -0.25) is 0 Å². The van der Waals surface area contributed by atoms with Crippen LogP contribution in [0.2, 0.25) is 0 Å². The summed E-state index contributed by atoms with van der Waals surface area (Å²) in [5.41, 5.74) is 0.860. The van der Waals surface area contributed by atoms with E-state index in [2.05, 4.69) is 10.3 Å². The van der Waals surface area contributed by atoms with E-state index in [1.807, 2.05) is 0 Å². The average Bonchev–Trinajstić information content (AvgIpc) is 2.78. The smallest absolute Gasteiger partial charge is 0.423 e. The number of nitrogens with one attached hydrogen (secondary N) is 1. The molecule has 0 radical (unpaired) electrons. The zero-order chi connectivity index (χ0) is 24.6. The average molecular weight is 482 g/mol. The Labute approximate surface area is 192 Å². The molecule has 2 aromatic rings. The maximum absolute atomic E-state index is 13.3. The van der Waals surface area contributed by atoms with Crippen LogP contribution in [0.15, 0.2) is 59.5 Å². The molecule has 9 nitrogen and oxygen atoms in total. The summed E-state index contributed by atoms with van der Waals surface area (Å²) in [5.74, 6) is -0.0955. The summed E-state index contributed by atoms with van der Waals surface area (Å²) in [5, 5.41) is 31.5. The molecule has 0 fully saturated rings. The van der Waals surface area contributed by atoms with Crippen molar-refractivity contribution in [2.45, 2.75) is 37.3 Å². The van der Waals surface area contributed by atoms with Gasteiger partial charge in [0.05, 0.1) is 17.0 Å². The van der Waals surface area contributed by atoms with Gasteiger partial charge >= 0.3 is 13.2 Å². The number of carbonyl (C=O) groups excluding carboxylic acids is 1. The summed E-state index contributed by atoms with van der Waals surface area (Å²) >= 11 is 0. The molecule has 2 rings (SSSR count). The maximum Gasteiger partial charge on any atom is 0.488 e. The second kappa shape index (κ2) is 12.1. The molecule has 0 saturated carbocycles. The van der Waals surface area contributed by atoms with Crippen LogP contribution in [0.3, 0.4) is 0 Å². The quantitative estimate of drug-likeness (QED) is 0.345. The summed E-state index contributed by atoms with van der Waals surface area (Å²) in [6.07, 6.45) is -2.68. The van der Waals surface area contributed by atoms with Crippen molar-refractivity contribution in [3.63, 3.8) is 0 Å². The molecule has 0 bridgehead atoms. The fraction of sp³-hybridized carbons (Fsp3) is 0.381. The lowest BCUT2D eigenvalue weighted by molar-refractivity contribution is -0.0657. The third-order valence-corrected chi connectivity index (χ3v) is 6.76. The highest BCUT2D eigenvalue weighted by Crippen LogP contribution is 2.19. The molecule has 0 spiro atoms. The van der Waals surface area contributed by atoms with Gasteiger partial charge in [0.25, 0.3) is 0 Å². The summed E-state index contributed by atoms with van der Waals surface area (Å²) in [7, 11) is -5.82. The normalized spacial score (nSPS) is 13.6. The molecule has 1 amide bonds. The lowest BCUT2D eigenvalue weighted by Gasteiger charge is -2.30. The number of sulfonamides is 1. The number of amides is 1. The number of aliphatic hydroxyl groups excluding tert-OH is 1. The van der Waals surface area contributed by atoms with E-state index >= 15 is 0 Å². The van der Waals surface area contributed by atoms with Crippen LogP contribution in [-0.2, 0) is 21.4 Å². The van der Waals surface area contributed by atoms with E-state index in [-0.39, 0.29) is 35.8 Å². The van der Waals surface area contributed by atoms with Gasteiger partial charge in [-0.2, -0.15) is 4.31 Å². The van der Waals surface area contributed by atoms with Crippen LogP contribution in [0.4, 0.5) is 9.32 Å². The first kappa shape index (κ1) is 26.7. The first-order chi connectivity index (χ1) is 15.5. The standard InChI is InChI=1S/C21H28BFN2O7S/c1-15(2)13-25(33(30,31)18-10-8-17(9-11-18)22(28)29)14-20(26)19(24-21(27)32-23)12-16-6-4-3-5-7-16/h3-11,15,19-20,26,28-29H,12-14H2,1-2H3,(H,24,27)/t19-,20+/m0/s1. The van der Waals surface area contributed by atoms with Crippen molar-refractivity contribution in [2.24, 2.45) is 5.92 Å². The van der Waals surface area contributed by atoms with E-state index < -0.39 is 35.4 Å². The van der Waals surface area contributed by atoms with Crippen molar-refractivity contribution in [3.05, 3.63) is 60.2 Å². The van der Waals surface area contributed by atoms with Crippen molar-refractivity contribution < 1.29 is 37.8 Å². The number of hydrogen-bond donors (Lipinski definition) is 4. The van der Waals surface area contributed by atoms with Crippen molar-refractivity contribution in [1.82, 2.24) is 9.62 Å². The van der Waals surface area contributed by atoms with E-state index in [0.29, 0.717) is 0 Å². The Morgan fingerprint density at radius 2 is 1.70 bits per heavy atom. The zero-order valence-electron chi connectivity index (χ0n) is 18.3. The maximum atomic E-state index is 13.3. The third kappa shape index (κ3) is 7.79. The van der Waals surface area contributed by atoms with E-state index in [1.54, 1.807) is 44.2 Å². The van der Waals surface area contributed by atoms with Crippen molar-refractivity contribution >= 4 is 28.7 Å². The number of aliphatic hydroxyl groups is 1. The molecule has 2 atom stereocenters. The molecule has 0 aliphatic rings. The minimum absolute atomic E-state index is 0.0649. The van der Waals surface area contributed by atoms with Crippen LogP contribution in [0, 0.1) is 5.92 Å². The van der Waals surface area contributed by atoms with Crippen LogP contribution in [0.5, 0.6) is 0 Å². The molecule has 12 heteroatoms. The zero-order valence-corrected chi connectivity index (χ0v) is 19.2.